The molecule has 116 valence electrons. The van der Waals surface area contributed by atoms with E-state index in [2.05, 4.69) is 12.2 Å². The quantitative estimate of drug-likeness (QED) is 0.668. The maximum absolute atomic E-state index is 12.2. The average molecular weight is 338 g/mol. The Morgan fingerprint density at radius 2 is 2.09 bits per heavy atom. The minimum Gasteiger partial charge on any atom is -0.376 e. The Labute approximate surface area is 140 Å². The summed E-state index contributed by atoms with van der Waals surface area (Å²) in [6, 6.07) is 6.73. The number of nitrogens with one attached hydrogen (secondary N) is 1. The number of carbonyl (C=O) groups excluding carboxylic acids is 1. The molecular formula is C16H17Cl2N3O. The maximum Gasteiger partial charge on any atom is 0.267 e. The van der Waals surface area contributed by atoms with Crippen molar-refractivity contribution in [3.8, 4) is 6.07 Å². The minimum absolute atomic E-state index is 0.0700. The van der Waals surface area contributed by atoms with Crippen LogP contribution in [0.15, 0.2) is 30.0 Å². The van der Waals surface area contributed by atoms with Crippen molar-refractivity contribution in [3.05, 3.63) is 40.0 Å². The van der Waals surface area contributed by atoms with Gasteiger partial charge in [-0.1, -0.05) is 30.1 Å². The molecule has 1 saturated heterocycles. The fourth-order valence-corrected chi connectivity index (χ4v) is 2.71. The molecule has 1 fully saturated rings. The Bertz CT molecular complexity index is 629. The topological polar surface area (TPSA) is 56.1 Å². The molecule has 1 aromatic rings. The fraction of sp³-hybridized carbons (Fsp3) is 0.375. The Kier molecular flexibility index (Phi) is 5.70. The first-order valence-corrected chi connectivity index (χ1v) is 7.87. The van der Waals surface area contributed by atoms with Gasteiger partial charge in [0.1, 0.15) is 11.6 Å². The Balaban J connectivity index is 2.07. The minimum atomic E-state index is -0.467. The summed E-state index contributed by atoms with van der Waals surface area (Å²) in [5, 5.41) is 12.7. The number of nitrogens with zero attached hydrogens (tertiary/aromatic N) is 2. The molecule has 0 spiro atoms. The van der Waals surface area contributed by atoms with E-state index in [-0.39, 0.29) is 5.57 Å². The van der Waals surface area contributed by atoms with Gasteiger partial charge in [-0.3, -0.25) is 4.79 Å². The highest BCUT2D eigenvalue weighted by Crippen LogP contribution is 2.25. The lowest BCUT2D eigenvalue weighted by Gasteiger charge is -2.29. The smallest absolute Gasteiger partial charge is 0.267 e. The summed E-state index contributed by atoms with van der Waals surface area (Å²) in [5.74, 6) is 0.224. The molecule has 0 bridgehead atoms. The van der Waals surface area contributed by atoms with Crippen molar-refractivity contribution in [1.29, 1.82) is 5.26 Å². The van der Waals surface area contributed by atoms with Crippen LogP contribution in [0.1, 0.15) is 19.8 Å². The van der Waals surface area contributed by atoms with Gasteiger partial charge in [-0.25, -0.2) is 0 Å². The molecule has 22 heavy (non-hydrogen) atoms. The molecule has 1 aromatic carbocycles. The van der Waals surface area contributed by atoms with Gasteiger partial charge in [0.15, 0.2) is 0 Å². The molecule has 0 saturated carbocycles. The van der Waals surface area contributed by atoms with Crippen LogP contribution in [0.25, 0.3) is 0 Å². The predicted molar refractivity (Wildman–Crippen MR) is 88.8 cm³/mol. The van der Waals surface area contributed by atoms with E-state index >= 15 is 0 Å². The van der Waals surface area contributed by atoms with Crippen LogP contribution in [0.3, 0.4) is 0 Å². The van der Waals surface area contributed by atoms with Crippen LogP contribution in [-0.2, 0) is 4.79 Å². The molecule has 1 heterocycles. The van der Waals surface area contributed by atoms with Gasteiger partial charge in [0, 0.05) is 24.3 Å². The third-order valence-electron chi connectivity index (χ3n) is 3.67. The number of hydrogen-bond donors (Lipinski definition) is 1. The first-order valence-electron chi connectivity index (χ1n) is 7.12. The van der Waals surface area contributed by atoms with E-state index in [1.807, 2.05) is 11.0 Å². The number of nitriles is 1. The molecule has 1 aliphatic heterocycles. The molecular weight excluding hydrogens is 321 g/mol. The third kappa shape index (κ3) is 4.40. The first kappa shape index (κ1) is 16.7. The van der Waals surface area contributed by atoms with Crippen molar-refractivity contribution in [1.82, 2.24) is 4.90 Å². The maximum atomic E-state index is 12.2. The molecule has 2 rings (SSSR count). The Hall–Kier alpha value is -1.70. The number of halogens is 2. The third-order valence-corrected chi connectivity index (χ3v) is 4.22. The molecule has 0 aliphatic carbocycles. The second-order valence-electron chi connectivity index (χ2n) is 5.45. The number of amides is 1. The molecule has 6 heteroatoms. The van der Waals surface area contributed by atoms with Gasteiger partial charge in [0.2, 0.25) is 0 Å². The summed E-state index contributed by atoms with van der Waals surface area (Å²) in [7, 11) is 0. The van der Waals surface area contributed by atoms with Crippen molar-refractivity contribution >= 4 is 34.8 Å². The Morgan fingerprint density at radius 3 is 2.68 bits per heavy atom. The number of rotatable bonds is 3. The van der Waals surface area contributed by atoms with Gasteiger partial charge in [0.05, 0.1) is 10.7 Å². The van der Waals surface area contributed by atoms with Crippen molar-refractivity contribution in [2.24, 2.45) is 5.92 Å². The summed E-state index contributed by atoms with van der Waals surface area (Å²) in [6.07, 6.45) is 3.77. The molecule has 1 N–H and O–H groups in total. The molecule has 0 atom stereocenters. The number of anilines is 1. The zero-order valence-electron chi connectivity index (χ0n) is 12.3. The van der Waals surface area contributed by atoms with Crippen molar-refractivity contribution in [3.63, 3.8) is 0 Å². The van der Waals surface area contributed by atoms with Crippen LogP contribution in [0, 0.1) is 17.2 Å². The van der Waals surface area contributed by atoms with Crippen molar-refractivity contribution in [2.75, 3.05) is 18.4 Å². The van der Waals surface area contributed by atoms with Crippen LogP contribution in [-0.4, -0.2) is 23.9 Å². The lowest BCUT2D eigenvalue weighted by atomic mass is 9.99. The van der Waals surface area contributed by atoms with E-state index in [9.17, 15) is 10.1 Å². The fourth-order valence-electron chi connectivity index (χ4n) is 2.26. The standard InChI is InChI=1S/C16H17Cl2N3O/c1-11-4-6-21(7-5-11)10-12(9-19)16(22)20-15-3-2-13(17)8-14(15)18/h2-3,8,10-11H,4-7H2,1H3,(H,20,22)/b12-10-. The van der Waals surface area contributed by atoms with Gasteiger partial charge < -0.3 is 10.2 Å². The zero-order valence-corrected chi connectivity index (χ0v) is 13.8. The number of carbonyl (C=O) groups is 1. The van der Waals surface area contributed by atoms with Gasteiger partial charge in [-0.05, 0) is 37.0 Å². The van der Waals surface area contributed by atoms with E-state index in [0.29, 0.717) is 21.7 Å². The first-order chi connectivity index (χ1) is 10.5. The molecule has 0 aromatic heterocycles. The van der Waals surface area contributed by atoms with Crippen LogP contribution < -0.4 is 5.32 Å². The van der Waals surface area contributed by atoms with E-state index in [1.54, 1.807) is 24.4 Å². The molecule has 4 nitrogen and oxygen atoms in total. The highest BCUT2D eigenvalue weighted by Gasteiger charge is 2.17. The van der Waals surface area contributed by atoms with Crippen LogP contribution >= 0.6 is 23.2 Å². The molecule has 1 aliphatic rings. The zero-order chi connectivity index (χ0) is 16.1. The highest BCUT2D eigenvalue weighted by molar-refractivity contribution is 6.36. The van der Waals surface area contributed by atoms with Gasteiger partial charge in [-0.15, -0.1) is 0 Å². The normalized spacial score (nSPS) is 16.3. The lowest BCUT2D eigenvalue weighted by Crippen LogP contribution is -2.29. The number of piperidine rings is 1. The van der Waals surface area contributed by atoms with Crippen LogP contribution in [0.5, 0.6) is 0 Å². The average Bonchev–Trinajstić information content (AvgIpc) is 2.49. The second-order valence-corrected chi connectivity index (χ2v) is 6.29. The summed E-state index contributed by atoms with van der Waals surface area (Å²) in [5.41, 5.74) is 0.505. The predicted octanol–water partition coefficient (Wildman–Crippen LogP) is 4.07. The van der Waals surface area contributed by atoms with Gasteiger partial charge in [-0.2, -0.15) is 5.26 Å². The lowest BCUT2D eigenvalue weighted by molar-refractivity contribution is -0.112. The van der Waals surface area contributed by atoms with E-state index in [1.165, 1.54) is 0 Å². The van der Waals surface area contributed by atoms with E-state index in [4.69, 9.17) is 23.2 Å². The summed E-state index contributed by atoms with van der Waals surface area (Å²) in [4.78, 5) is 14.2. The highest BCUT2D eigenvalue weighted by atomic mass is 35.5. The van der Waals surface area contributed by atoms with Gasteiger partial charge in [0.25, 0.3) is 5.91 Å². The molecule has 0 radical (unpaired) electrons. The van der Waals surface area contributed by atoms with Crippen LogP contribution in [0.2, 0.25) is 10.0 Å². The summed E-state index contributed by atoms with van der Waals surface area (Å²) >= 11 is 11.8. The summed E-state index contributed by atoms with van der Waals surface area (Å²) in [6.45, 7) is 3.93. The summed E-state index contributed by atoms with van der Waals surface area (Å²) < 4.78 is 0. The number of likely N-dealkylation sites (tertiary alicyclic amines) is 1. The van der Waals surface area contributed by atoms with Gasteiger partial charge >= 0.3 is 0 Å². The number of hydrogen-bond acceptors (Lipinski definition) is 3. The monoisotopic (exact) mass is 337 g/mol. The number of benzene rings is 1. The van der Waals surface area contributed by atoms with Crippen molar-refractivity contribution < 1.29 is 4.79 Å². The Morgan fingerprint density at radius 1 is 1.41 bits per heavy atom. The molecule has 1 amide bonds. The SMILES string of the molecule is CC1CCN(/C=C(/C#N)C(=O)Nc2ccc(Cl)cc2Cl)CC1. The van der Waals surface area contributed by atoms with E-state index < -0.39 is 5.91 Å². The van der Waals surface area contributed by atoms with E-state index in [0.717, 1.165) is 25.9 Å². The second kappa shape index (κ2) is 7.53. The van der Waals surface area contributed by atoms with Crippen molar-refractivity contribution in [2.45, 2.75) is 19.8 Å². The van der Waals surface area contributed by atoms with Crippen LogP contribution in [0.4, 0.5) is 5.69 Å². The largest absolute Gasteiger partial charge is 0.376 e. The molecule has 0 unspecified atom stereocenters.